The molecule has 0 amide bonds. The molecule has 0 aliphatic carbocycles. The van der Waals surface area contributed by atoms with Crippen molar-refractivity contribution in [1.82, 2.24) is 14.2 Å². The highest BCUT2D eigenvalue weighted by Gasteiger charge is 2.31. The number of aromatic nitrogens is 1. The van der Waals surface area contributed by atoms with E-state index in [0.717, 1.165) is 19.4 Å². The molecule has 1 aliphatic rings. The lowest BCUT2D eigenvalue weighted by Crippen LogP contribution is -2.41. The van der Waals surface area contributed by atoms with Crippen molar-refractivity contribution in [1.29, 1.82) is 0 Å². The molecule has 2 rings (SSSR count). The standard InChI is InChI=1S/C14H24N4O2S/c1-15-13-5-4-8-16-14(13)21(19,20)18-9-6-12(7-10-18)11-17(2)3/h4-5,8,12,15H,6-7,9-11H2,1-3H3. The van der Waals surface area contributed by atoms with Crippen molar-refractivity contribution in [2.45, 2.75) is 17.9 Å². The Labute approximate surface area is 127 Å². The number of sulfonamides is 1. The van der Waals surface area contributed by atoms with E-state index < -0.39 is 10.0 Å². The summed E-state index contributed by atoms with van der Waals surface area (Å²) < 4.78 is 27.0. The van der Waals surface area contributed by atoms with Crippen molar-refractivity contribution in [2.24, 2.45) is 5.92 Å². The zero-order chi connectivity index (χ0) is 15.5. The third-order valence-corrected chi connectivity index (χ3v) is 5.68. The van der Waals surface area contributed by atoms with Crippen molar-refractivity contribution >= 4 is 15.7 Å². The van der Waals surface area contributed by atoms with Crippen LogP contribution in [0.4, 0.5) is 5.69 Å². The summed E-state index contributed by atoms with van der Waals surface area (Å²) in [6.45, 7) is 2.15. The molecule has 7 heteroatoms. The Morgan fingerprint density at radius 2 is 2.05 bits per heavy atom. The first-order valence-electron chi connectivity index (χ1n) is 7.23. The maximum atomic E-state index is 12.7. The van der Waals surface area contributed by atoms with Gasteiger partial charge in [-0.25, -0.2) is 13.4 Å². The fourth-order valence-corrected chi connectivity index (χ4v) is 4.34. The van der Waals surface area contributed by atoms with Crippen molar-refractivity contribution in [3.05, 3.63) is 18.3 Å². The zero-order valence-corrected chi connectivity index (χ0v) is 13.7. The maximum absolute atomic E-state index is 12.7. The van der Waals surface area contributed by atoms with Crippen LogP contribution in [-0.4, -0.2) is 63.4 Å². The first-order chi connectivity index (χ1) is 9.95. The van der Waals surface area contributed by atoms with E-state index in [1.165, 1.54) is 6.20 Å². The van der Waals surface area contributed by atoms with Crippen LogP contribution in [0.3, 0.4) is 0 Å². The van der Waals surface area contributed by atoms with E-state index in [2.05, 4.69) is 29.3 Å². The minimum atomic E-state index is -3.51. The highest BCUT2D eigenvalue weighted by molar-refractivity contribution is 7.89. The van der Waals surface area contributed by atoms with E-state index in [9.17, 15) is 8.42 Å². The van der Waals surface area contributed by atoms with Crippen LogP contribution in [0, 0.1) is 5.92 Å². The lowest BCUT2D eigenvalue weighted by molar-refractivity contribution is 0.224. The van der Waals surface area contributed by atoms with E-state index in [0.29, 0.717) is 24.7 Å². The second-order valence-corrected chi connectivity index (χ2v) is 7.57. The first-order valence-corrected chi connectivity index (χ1v) is 8.67. The fraction of sp³-hybridized carbons (Fsp3) is 0.643. The van der Waals surface area contributed by atoms with Gasteiger partial charge in [-0.3, -0.25) is 0 Å². The summed E-state index contributed by atoms with van der Waals surface area (Å²) in [6, 6.07) is 3.47. The largest absolute Gasteiger partial charge is 0.386 e. The van der Waals surface area contributed by atoms with Crippen LogP contribution in [0.2, 0.25) is 0 Å². The molecule has 0 saturated carbocycles. The lowest BCUT2D eigenvalue weighted by atomic mass is 9.98. The smallest absolute Gasteiger partial charge is 0.262 e. The molecule has 118 valence electrons. The molecule has 1 aromatic rings. The molecule has 0 aromatic carbocycles. The number of hydrogen-bond acceptors (Lipinski definition) is 5. The van der Waals surface area contributed by atoms with Gasteiger partial charge < -0.3 is 10.2 Å². The van der Waals surface area contributed by atoms with Crippen molar-refractivity contribution in [2.75, 3.05) is 46.1 Å². The second-order valence-electron chi connectivity index (χ2n) is 5.72. The predicted octanol–water partition coefficient (Wildman–Crippen LogP) is 1.09. The van der Waals surface area contributed by atoms with Gasteiger partial charge in [0.1, 0.15) is 0 Å². The Morgan fingerprint density at radius 1 is 1.38 bits per heavy atom. The molecule has 0 atom stereocenters. The van der Waals surface area contributed by atoms with Gasteiger partial charge in [0.05, 0.1) is 5.69 Å². The predicted molar refractivity (Wildman–Crippen MR) is 83.8 cm³/mol. The molecule has 0 spiro atoms. The first kappa shape index (κ1) is 16.2. The molecule has 0 bridgehead atoms. The van der Waals surface area contributed by atoms with Gasteiger partial charge in [0.25, 0.3) is 10.0 Å². The monoisotopic (exact) mass is 312 g/mol. The van der Waals surface area contributed by atoms with Gasteiger partial charge in [0, 0.05) is 32.9 Å². The summed E-state index contributed by atoms with van der Waals surface area (Å²) in [4.78, 5) is 6.22. The number of nitrogens with one attached hydrogen (secondary N) is 1. The summed E-state index contributed by atoms with van der Waals surface area (Å²) in [6.07, 6.45) is 3.32. The Morgan fingerprint density at radius 3 is 2.62 bits per heavy atom. The van der Waals surface area contributed by atoms with Gasteiger partial charge >= 0.3 is 0 Å². The average Bonchev–Trinajstić information content (AvgIpc) is 2.47. The van der Waals surface area contributed by atoms with Crippen LogP contribution < -0.4 is 5.32 Å². The third kappa shape index (κ3) is 3.72. The molecule has 1 fully saturated rings. The van der Waals surface area contributed by atoms with Gasteiger partial charge in [-0.2, -0.15) is 4.31 Å². The topological polar surface area (TPSA) is 65.5 Å². The number of piperidine rings is 1. The highest BCUT2D eigenvalue weighted by Crippen LogP contribution is 2.26. The number of anilines is 1. The minimum absolute atomic E-state index is 0.124. The SMILES string of the molecule is CNc1cccnc1S(=O)(=O)N1CCC(CN(C)C)CC1. The van der Waals surface area contributed by atoms with Gasteiger partial charge in [-0.1, -0.05) is 0 Å². The Hall–Kier alpha value is -1.18. The molecule has 1 N–H and O–H groups in total. The highest BCUT2D eigenvalue weighted by atomic mass is 32.2. The third-order valence-electron chi connectivity index (χ3n) is 3.82. The van der Waals surface area contributed by atoms with E-state index >= 15 is 0 Å². The molecule has 1 aliphatic heterocycles. The van der Waals surface area contributed by atoms with E-state index in [4.69, 9.17) is 0 Å². The van der Waals surface area contributed by atoms with E-state index in [1.54, 1.807) is 23.5 Å². The van der Waals surface area contributed by atoms with Gasteiger partial charge in [0.15, 0.2) is 5.03 Å². The number of pyridine rings is 1. The van der Waals surface area contributed by atoms with E-state index in [1.807, 2.05) is 0 Å². The van der Waals surface area contributed by atoms with Crippen LogP contribution in [0.25, 0.3) is 0 Å². The summed E-state index contributed by atoms with van der Waals surface area (Å²) in [5.74, 6) is 0.568. The average molecular weight is 312 g/mol. The summed E-state index contributed by atoms with van der Waals surface area (Å²) in [5.41, 5.74) is 0.549. The normalized spacial score (nSPS) is 18.1. The molecule has 21 heavy (non-hydrogen) atoms. The molecule has 0 radical (unpaired) electrons. The zero-order valence-electron chi connectivity index (χ0n) is 12.9. The van der Waals surface area contributed by atoms with Gasteiger partial charge in [-0.15, -0.1) is 0 Å². The van der Waals surface area contributed by atoms with Crippen molar-refractivity contribution < 1.29 is 8.42 Å². The molecule has 0 unspecified atom stereocenters. The van der Waals surface area contributed by atoms with E-state index in [-0.39, 0.29) is 5.03 Å². The molecule has 1 saturated heterocycles. The maximum Gasteiger partial charge on any atom is 0.262 e. The molecular weight excluding hydrogens is 288 g/mol. The van der Waals surface area contributed by atoms with Crippen LogP contribution in [0.5, 0.6) is 0 Å². The molecular formula is C14H24N4O2S. The quantitative estimate of drug-likeness (QED) is 0.881. The van der Waals surface area contributed by atoms with Gasteiger partial charge in [0.2, 0.25) is 0 Å². The van der Waals surface area contributed by atoms with Crippen LogP contribution in [-0.2, 0) is 10.0 Å². The Kier molecular flexibility index (Phi) is 5.18. The number of nitrogens with zero attached hydrogens (tertiary/aromatic N) is 3. The molecule has 6 nitrogen and oxygen atoms in total. The lowest BCUT2D eigenvalue weighted by Gasteiger charge is -2.32. The number of rotatable bonds is 5. The minimum Gasteiger partial charge on any atom is -0.386 e. The summed E-state index contributed by atoms with van der Waals surface area (Å²) in [7, 11) is 2.30. The number of hydrogen-bond donors (Lipinski definition) is 1. The van der Waals surface area contributed by atoms with Crippen LogP contribution in [0.15, 0.2) is 23.4 Å². The van der Waals surface area contributed by atoms with Crippen LogP contribution in [0.1, 0.15) is 12.8 Å². The van der Waals surface area contributed by atoms with Crippen molar-refractivity contribution in [3.8, 4) is 0 Å². The summed E-state index contributed by atoms with van der Waals surface area (Å²) in [5, 5.41) is 3.02. The molecule has 1 aromatic heterocycles. The fourth-order valence-electron chi connectivity index (χ4n) is 2.76. The van der Waals surface area contributed by atoms with Crippen molar-refractivity contribution in [3.63, 3.8) is 0 Å². The summed E-state index contributed by atoms with van der Waals surface area (Å²) >= 11 is 0. The molecule has 2 heterocycles. The van der Waals surface area contributed by atoms with Gasteiger partial charge in [-0.05, 0) is 45.0 Å². The Balaban J connectivity index is 2.11. The van der Waals surface area contributed by atoms with Crippen LogP contribution >= 0.6 is 0 Å². The second kappa shape index (κ2) is 6.72. The Bertz CT molecular complexity index is 566.